The van der Waals surface area contributed by atoms with E-state index in [1.807, 2.05) is 19.1 Å². The molecule has 0 bridgehead atoms. The van der Waals surface area contributed by atoms with E-state index in [0.29, 0.717) is 19.0 Å². The van der Waals surface area contributed by atoms with E-state index in [1.54, 1.807) is 6.33 Å². The molecule has 0 spiro atoms. The summed E-state index contributed by atoms with van der Waals surface area (Å²) in [6, 6.07) is 14.5. The summed E-state index contributed by atoms with van der Waals surface area (Å²) in [5.74, 6) is 0.480. The lowest BCUT2D eigenvalue weighted by Gasteiger charge is -2.12. The van der Waals surface area contributed by atoms with Gasteiger partial charge in [0.05, 0.1) is 18.5 Å². The number of hydrogen-bond donors (Lipinski definition) is 2. The zero-order chi connectivity index (χ0) is 17.2. The number of nitrogen functional groups attached to an aromatic ring is 1. The zero-order valence-electron chi connectivity index (χ0n) is 14.1. The summed E-state index contributed by atoms with van der Waals surface area (Å²) in [4.78, 5) is 12.1. The fourth-order valence-corrected chi connectivity index (χ4v) is 3.25. The van der Waals surface area contributed by atoms with Gasteiger partial charge in [-0.1, -0.05) is 36.4 Å². The van der Waals surface area contributed by atoms with Crippen molar-refractivity contribution in [1.29, 1.82) is 0 Å². The zero-order valence-corrected chi connectivity index (χ0v) is 14.1. The quantitative estimate of drug-likeness (QED) is 0.582. The highest BCUT2D eigenvalue weighted by atomic mass is 16.5. The van der Waals surface area contributed by atoms with Crippen LogP contribution in [-0.4, -0.2) is 21.6 Å². The van der Waals surface area contributed by atoms with Gasteiger partial charge in [0, 0.05) is 12.0 Å². The van der Waals surface area contributed by atoms with E-state index < -0.39 is 0 Å². The summed E-state index contributed by atoms with van der Waals surface area (Å²) in [6.45, 7) is 3.35. The van der Waals surface area contributed by atoms with Gasteiger partial charge in [-0.3, -0.25) is 0 Å². The molecule has 0 aliphatic rings. The van der Waals surface area contributed by atoms with Gasteiger partial charge in [0.25, 0.3) is 0 Å². The Kier molecular flexibility index (Phi) is 4.07. The monoisotopic (exact) mass is 332 g/mol. The molecule has 5 heteroatoms. The van der Waals surface area contributed by atoms with Crippen LogP contribution in [0.2, 0.25) is 0 Å². The minimum absolute atomic E-state index is 0.480. The van der Waals surface area contributed by atoms with Crippen LogP contribution < -0.4 is 5.73 Å². The Morgan fingerprint density at radius 3 is 2.68 bits per heavy atom. The number of H-pyrrole nitrogens is 1. The summed E-state index contributed by atoms with van der Waals surface area (Å²) >= 11 is 0. The molecule has 0 aliphatic carbocycles. The van der Waals surface area contributed by atoms with Crippen LogP contribution in [-0.2, 0) is 17.8 Å². The molecule has 0 fully saturated rings. The van der Waals surface area contributed by atoms with Gasteiger partial charge in [0.2, 0.25) is 0 Å². The standard InChI is InChI=1S/C20H20N4O/c1-2-25-11-15-7-4-3-6-13(15)10-14-8-5-9-16-17(14)18-19(20(21)24-16)23-12-22-18/h3-9,12H,2,10-11H2,1H3,(H2,21,24)(H,22,23). The summed E-state index contributed by atoms with van der Waals surface area (Å²) in [7, 11) is 0. The summed E-state index contributed by atoms with van der Waals surface area (Å²) in [6.07, 6.45) is 2.47. The third-order valence-corrected chi connectivity index (χ3v) is 4.46. The van der Waals surface area contributed by atoms with Crippen LogP contribution >= 0.6 is 0 Å². The SMILES string of the molecule is CCOCc1ccccc1Cc1cccc2nc(N)c3[nH]cnc3c12. The molecule has 0 aliphatic heterocycles. The third-order valence-electron chi connectivity index (χ3n) is 4.46. The average Bonchev–Trinajstić information content (AvgIpc) is 3.11. The second-order valence-corrected chi connectivity index (χ2v) is 6.02. The molecular weight excluding hydrogens is 312 g/mol. The van der Waals surface area contributed by atoms with E-state index >= 15 is 0 Å². The van der Waals surface area contributed by atoms with E-state index in [-0.39, 0.29) is 0 Å². The second-order valence-electron chi connectivity index (χ2n) is 6.02. The van der Waals surface area contributed by atoms with E-state index in [2.05, 4.69) is 45.3 Å². The van der Waals surface area contributed by atoms with Crippen LogP contribution in [0.3, 0.4) is 0 Å². The number of fused-ring (bicyclic) bond motifs is 3. The predicted octanol–water partition coefficient (Wildman–Crippen LogP) is 3.82. The van der Waals surface area contributed by atoms with Crippen molar-refractivity contribution in [3.63, 3.8) is 0 Å². The summed E-state index contributed by atoms with van der Waals surface area (Å²) < 4.78 is 5.61. The van der Waals surface area contributed by atoms with Crippen molar-refractivity contribution in [2.24, 2.45) is 0 Å². The molecule has 2 aromatic heterocycles. The van der Waals surface area contributed by atoms with Crippen LogP contribution in [0.4, 0.5) is 5.82 Å². The van der Waals surface area contributed by atoms with Gasteiger partial charge < -0.3 is 15.5 Å². The van der Waals surface area contributed by atoms with E-state index in [1.165, 1.54) is 16.7 Å². The van der Waals surface area contributed by atoms with Crippen LogP contribution in [0.5, 0.6) is 0 Å². The number of ether oxygens (including phenoxy) is 1. The lowest BCUT2D eigenvalue weighted by molar-refractivity contribution is 0.133. The number of pyridine rings is 1. The number of hydrogen-bond acceptors (Lipinski definition) is 4. The Balaban J connectivity index is 1.84. The first-order chi connectivity index (χ1) is 12.3. The van der Waals surface area contributed by atoms with Crippen molar-refractivity contribution in [2.45, 2.75) is 20.0 Å². The maximum absolute atomic E-state index is 6.05. The molecule has 0 atom stereocenters. The van der Waals surface area contributed by atoms with Gasteiger partial charge in [0.1, 0.15) is 16.9 Å². The largest absolute Gasteiger partial charge is 0.382 e. The van der Waals surface area contributed by atoms with Gasteiger partial charge in [-0.25, -0.2) is 9.97 Å². The van der Waals surface area contributed by atoms with Crippen LogP contribution in [0, 0.1) is 0 Å². The molecule has 5 nitrogen and oxygen atoms in total. The minimum atomic E-state index is 0.480. The third kappa shape index (κ3) is 2.83. The summed E-state index contributed by atoms with van der Waals surface area (Å²) in [5.41, 5.74) is 12.2. The van der Waals surface area contributed by atoms with E-state index in [4.69, 9.17) is 10.5 Å². The maximum Gasteiger partial charge on any atom is 0.150 e. The van der Waals surface area contributed by atoms with Crippen molar-refractivity contribution in [3.8, 4) is 0 Å². The minimum Gasteiger partial charge on any atom is -0.382 e. The topological polar surface area (TPSA) is 76.8 Å². The van der Waals surface area contributed by atoms with Crippen molar-refractivity contribution >= 4 is 27.8 Å². The molecule has 0 amide bonds. The number of imidazole rings is 1. The molecule has 4 aromatic rings. The first kappa shape index (κ1) is 15.6. The van der Waals surface area contributed by atoms with Crippen LogP contribution in [0.15, 0.2) is 48.8 Å². The van der Waals surface area contributed by atoms with Gasteiger partial charge in [0.15, 0.2) is 0 Å². The fraction of sp³-hybridized carbons (Fsp3) is 0.200. The number of nitrogens with zero attached hydrogens (tertiary/aromatic N) is 2. The van der Waals surface area contributed by atoms with Gasteiger partial charge in [-0.2, -0.15) is 0 Å². The maximum atomic E-state index is 6.05. The molecule has 0 unspecified atom stereocenters. The molecule has 0 radical (unpaired) electrons. The fourth-order valence-electron chi connectivity index (χ4n) is 3.25. The molecule has 2 aromatic carbocycles. The lowest BCUT2D eigenvalue weighted by Crippen LogP contribution is -2.00. The van der Waals surface area contributed by atoms with Gasteiger partial charge in [-0.15, -0.1) is 0 Å². The number of aromatic nitrogens is 3. The smallest absolute Gasteiger partial charge is 0.150 e. The van der Waals surface area contributed by atoms with Crippen molar-refractivity contribution in [1.82, 2.24) is 15.0 Å². The van der Waals surface area contributed by atoms with E-state index in [9.17, 15) is 0 Å². The number of benzene rings is 2. The highest BCUT2D eigenvalue weighted by Gasteiger charge is 2.13. The average molecular weight is 332 g/mol. The Morgan fingerprint density at radius 1 is 1.04 bits per heavy atom. The van der Waals surface area contributed by atoms with E-state index in [0.717, 1.165) is 28.4 Å². The second kappa shape index (κ2) is 6.53. The molecule has 2 heterocycles. The molecule has 126 valence electrons. The van der Waals surface area contributed by atoms with Crippen molar-refractivity contribution in [2.75, 3.05) is 12.3 Å². The first-order valence-corrected chi connectivity index (χ1v) is 8.42. The predicted molar refractivity (Wildman–Crippen MR) is 100 cm³/mol. The number of anilines is 1. The van der Waals surface area contributed by atoms with Crippen molar-refractivity contribution in [3.05, 3.63) is 65.5 Å². The molecule has 3 N–H and O–H groups in total. The van der Waals surface area contributed by atoms with Crippen LogP contribution in [0.1, 0.15) is 23.6 Å². The molecule has 0 saturated heterocycles. The van der Waals surface area contributed by atoms with Crippen LogP contribution in [0.25, 0.3) is 21.9 Å². The Hall–Kier alpha value is -2.92. The number of nitrogens with two attached hydrogens (primary N) is 1. The normalized spacial score (nSPS) is 11.4. The highest BCUT2D eigenvalue weighted by Crippen LogP contribution is 2.29. The molecular formula is C20H20N4O. The number of aromatic amines is 1. The Morgan fingerprint density at radius 2 is 1.84 bits per heavy atom. The van der Waals surface area contributed by atoms with Gasteiger partial charge >= 0.3 is 0 Å². The number of rotatable bonds is 5. The molecule has 25 heavy (non-hydrogen) atoms. The molecule has 0 saturated carbocycles. The lowest BCUT2D eigenvalue weighted by atomic mass is 9.96. The van der Waals surface area contributed by atoms with Gasteiger partial charge in [-0.05, 0) is 36.1 Å². The van der Waals surface area contributed by atoms with Crippen molar-refractivity contribution < 1.29 is 4.74 Å². The summed E-state index contributed by atoms with van der Waals surface area (Å²) in [5, 5.41) is 1.05. The Bertz CT molecular complexity index is 1040. The molecule has 4 rings (SSSR count). The first-order valence-electron chi connectivity index (χ1n) is 8.42. The number of nitrogens with one attached hydrogen (secondary N) is 1. The Labute approximate surface area is 145 Å². The highest BCUT2D eigenvalue weighted by molar-refractivity contribution is 6.07.